The molecule has 1 amide bonds. The van der Waals surface area contributed by atoms with Crippen LogP contribution in [0.3, 0.4) is 0 Å². The van der Waals surface area contributed by atoms with Crippen molar-refractivity contribution in [3.63, 3.8) is 0 Å². The fourth-order valence-corrected chi connectivity index (χ4v) is 2.85. The summed E-state index contributed by atoms with van der Waals surface area (Å²) in [4.78, 5) is 20.9. The predicted molar refractivity (Wildman–Crippen MR) is 94.9 cm³/mol. The van der Waals surface area contributed by atoms with E-state index in [0.29, 0.717) is 23.8 Å². The van der Waals surface area contributed by atoms with Gasteiger partial charge in [0.2, 0.25) is 5.89 Å². The number of morpholine rings is 1. The lowest BCUT2D eigenvalue weighted by atomic mass is 10.1. The van der Waals surface area contributed by atoms with E-state index in [-0.39, 0.29) is 19.1 Å². The lowest BCUT2D eigenvalue weighted by Gasteiger charge is -2.29. The second-order valence-electron chi connectivity index (χ2n) is 6.00. The molecule has 1 aliphatic rings. The first-order chi connectivity index (χ1) is 12.7. The van der Waals surface area contributed by atoms with Crippen LogP contribution in [-0.4, -0.2) is 60.9 Å². The first kappa shape index (κ1) is 18.3. The molecular formula is C18H24N4O4. The van der Waals surface area contributed by atoms with Crippen molar-refractivity contribution in [1.29, 1.82) is 0 Å². The summed E-state index contributed by atoms with van der Waals surface area (Å²) in [7, 11) is 1.57. The summed E-state index contributed by atoms with van der Waals surface area (Å²) < 4.78 is 15.5. The predicted octanol–water partition coefficient (Wildman–Crippen LogP) is 1.71. The monoisotopic (exact) mass is 360 g/mol. The number of amides is 1. The van der Waals surface area contributed by atoms with Crippen LogP contribution in [0.25, 0.3) is 0 Å². The zero-order chi connectivity index (χ0) is 18.4. The molecule has 8 heteroatoms. The molecule has 1 aromatic carbocycles. The Morgan fingerprint density at radius 1 is 1.27 bits per heavy atom. The van der Waals surface area contributed by atoms with Gasteiger partial charge in [0, 0.05) is 38.0 Å². The highest BCUT2D eigenvalue weighted by Gasteiger charge is 2.19. The number of benzene rings is 1. The summed E-state index contributed by atoms with van der Waals surface area (Å²) in [5.41, 5.74) is 1.74. The molecule has 0 bridgehead atoms. The van der Waals surface area contributed by atoms with Gasteiger partial charge in [-0.2, -0.15) is 4.98 Å². The van der Waals surface area contributed by atoms with Crippen LogP contribution in [-0.2, 0) is 22.6 Å². The van der Waals surface area contributed by atoms with Gasteiger partial charge in [0.1, 0.15) is 13.2 Å². The van der Waals surface area contributed by atoms with Crippen LogP contribution in [0.2, 0.25) is 0 Å². The summed E-state index contributed by atoms with van der Waals surface area (Å²) in [6.45, 7) is 6.24. The highest BCUT2D eigenvalue weighted by molar-refractivity contribution is 5.94. The smallest absolute Gasteiger partial charge is 0.254 e. The lowest BCUT2D eigenvalue weighted by molar-refractivity contribution is 0.0734. The number of nitrogens with zero attached hydrogens (tertiary/aromatic N) is 4. The Balaban J connectivity index is 1.65. The molecule has 0 aliphatic carbocycles. The van der Waals surface area contributed by atoms with Gasteiger partial charge in [-0.05, 0) is 31.2 Å². The van der Waals surface area contributed by atoms with E-state index in [1.54, 1.807) is 12.0 Å². The topological polar surface area (TPSA) is 80.9 Å². The van der Waals surface area contributed by atoms with Gasteiger partial charge in [0.05, 0.1) is 13.2 Å². The van der Waals surface area contributed by atoms with E-state index in [1.165, 1.54) is 0 Å². The number of carbonyl (C=O) groups excluding carboxylic acids is 1. The maximum Gasteiger partial charge on any atom is 0.254 e. The Bertz CT molecular complexity index is 710. The summed E-state index contributed by atoms with van der Waals surface area (Å²) in [5, 5.41) is 3.82. The standard InChI is InChI=1S/C18H24N4O4/c1-3-21(12-17-19-16(13-24-2)20-26-17)18(23)14-4-6-15(7-5-14)22-8-10-25-11-9-22/h4-7H,3,8-13H2,1-2H3. The number of anilines is 1. The number of aromatic nitrogens is 2. The lowest BCUT2D eigenvalue weighted by Crippen LogP contribution is -2.36. The SMILES string of the molecule is CCN(Cc1nc(COC)no1)C(=O)c1ccc(N2CCOCC2)cc1. The van der Waals surface area contributed by atoms with Gasteiger partial charge in [-0.1, -0.05) is 5.16 Å². The molecule has 1 aromatic heterocycles. The van der Waals surface area contributed by atoms with Gasteiger partial charge in [-0.25, -0.2) is 0 Å². The molecule has 1 aliphatic heterocycles. The van der Waals surface area contributed by atoms with Crippen LogP contribution in [0, 0.1) is 0 Å². The van der Waals surface area contributed by atoms with Crippen molar-refractivity contribution in [2.24, 2.45) is 0 Å². The van der Waals surface area contributed by atoms with Crippen molar-refractivity contribution in [1.82, 2.24) is 15.0 Å². The minimum Gasteiger partial charge on any atom is -0.378 e. The molecule has 140 valence electrons. The van der Waals surface area contributed by atoms with Crippen molar-refractivity contribution in [2.45, 2.75) is 20.1 Å². The molecular weight excluding hydrogens is 336 g/mol. The third kappa shape index (κ3) is 4.39. The zero-order valence-corrected chi connectivity index (χ0v) is 15.2. The molecule has 1 saturated heterocycles. The molecule has 0 unspecified atom stereocenters. The largest absolute Gasteiger partial charge is 0.378 e. The number of carbonyl (C=O) groups is 1. The fourth-order valence-electron chi connectivity index (χ4n) is 2.85. The van der Waals surface area contributed by atoms with E-state index in [2.05, 4.69) is 15.0 Å². The Morgan fingerprint density at radius 2 is 2.00 bits per heavy atom. The summed E-state index contributed by atoms with van der Waals surface area (Å²) in [5.74, 6) is 0.811. The molecule has 0 saturated carbocycles. The maximum atomic E-state index is 12.8. The number of ether oxygens (including phenoxy) is 2. The van der Waals surface area contributed by atoms with Crippen LogP contribution >= 0.6 is 0 Å². The van der Waals surface area contributed by atoms with E-state index in [0.717, 1.165) is 32.0 Å². The van der Waals surface area contributed by atoms with Crippen LogP contribution < -0.4 is 4.90 Å². The molecule has 26 heavy (non-hydrogen) atoms. The normalized spacial score (nSPS) is 14.5. The van der Waals surface area contributed by atoms with Crippen molar-refractivity contribution in [3.05, 3.63) is 41.5 Å². The Morgan fingerprint density at radius 3 is 2.65 bits per heavy atom. The summed E-state index contributed by atoms with van der Waals surface area (Å²) in [6.07, 6.45) is 0. The number of hydrogen-bond donors (Lipinski definition) is 0. The van der Waals surface area contributed by atoms with Gasteiger partial charge in [-0.15, -0.1) is 0 Å². The van der Waals surface area contributed by atoms with Crippen molar-refractivity contribution >= 4 is 11.6 Å². The van der Waals surface area contributed by atoms with Crippen molar-refractivity contribution in [2.75, 3.05) is 44.9 Å². The Kier molecular flexibility index (Phi) is 6.19. The molecule has 0 atom stereocenters. The van der Waals surface area contributed by atoms with Gasteiger partial charge < -0.3 is 23.8 Å². The first-order valence-electron chi connectivity index (χ1n) is 8.73. The summed E-state index contributed by atoms with van der Waals surface area (Å²) in [6, 6.07) is 7.69. The third-order valence-electron chi connectivity index (χ3n) is 4.27. The van der Waals surface area contributed by atoms with Crippen LogP contribution in [0.15, 0.2) is 28.8 Å². The number of hydrogen-bond acceptors (Lipinski definition) is 7. The van der Waals surface area contributed by atoms with Crippen molar-refractivity contribution in [3.8, 4) is 0 Å². The Labute approximate surface area is 152 Å². The second kappa shape index (κ2) is 8.77. The van der Waals surface area contributed by atoms with Crippen LogP contribution in [0.4, 0.5) is 5.69 Å². The van der Waals surface area contributed by atoms with Gasteiger partial charge in [0.15, 0.2) is 5.82 Å². The van der Waals surface area contributed by atoms with Crippen molar-refractivity contribution < 1.29 is 18.8 Å². The quantitative estimate of drug-likeness (QED) is 0.743. The number of methoxy groups -OCH3 is 1. The van der Waals surface area contributed by atoms with Gasteiger partial charge in [-0.3, -0.25) is 4.79 Å². The average molecular weight is 360 g/mol. The number of rotatable bonds is 7. The van der Waals surface area contributed by atoms with E-state index in [4.69, 9.17) is 14.0 Å². The highest BCUT2D eigenvalue weighted by Crippen LogP contribution is 2.18. The van der Waals surface area contributed by atoms with Gasteiger partial charge >= 0.3 is 0 Å². The van der Waals surface area contributed by atoms with E-state index >= 15 is 0 Å². The van der Waals surface area contributed by atoms with Crippen LogP contribution in [0.1, 0.15) is 29.0 Å². The average Bonchev–Trinajstić information content (AvgIpc) is 3.14. The molecule has 0 radical (unpaired) electrons. The molecule has 1 fully saturated rings. The first-order valence-corrected chi connectivity index (χ1v) is 8.73. The van der Waals surface area contributed by atoms with E-state index < -0.39 is 0 Å². The summed E-state index contributed by atoms with van der Waals surface area (Å²) >= 11 is 0. The zero-order valence-electron chi connectivity index (χ0n) is 15.2. The minimum absolute atomic E-state index is 0.0625. The second-order valence-corrected chi connectivity index (χ2v) is 6.00. The van der Waals surface area contributed by atoms with Gasteiger partial charge in [0.25, 0.3) is 5.91 Å². The molecule has 2 aromatic rings. The minimum atomic E-state index is -0.0625. The molecule has 0 spiro atoms. The van der Waals surface area contributed by atoms with E-state index in [9.17, 15) is 4.79 Å². The molecule has 0 N–H and O–H groups in total. The molecule has 2 heterocycles. The van der Waals surface area contributed by atoms with E-state index in [1.807, 2.05) is 31.2 Å². The molecule has 8 nitrogen and oxygen atoms in total. The Hall–Kier alpha value is -2.45. The third-order valence-corrected chi connectivity index (χ3v) is 4.27. The maximum absolute atomic E-state index is 12.8. The van der Waals surface area contributed by atoms with Crippen LogP contribution in [0.5, 0.6) is 0 Å². The molecule has 3 rings (SSSR count). The highest BCUT2D eigenvalue weighted by atomic mass is 16.5. The fraction of sp³-hybridized carbons (Fsp3) is 0.500.